The molecule has 0 aliphatic heterocycles. The molecule has 0 N–H and O–H groups in total. The van der Waals surface area contributed by atoms with E-state index in [9.17, 15) is 0 Å². The van der Waals surface area contributed by atoms with Gasteiger partial charge in [-0.3, -0.25) is 0 Å². The van der Waals surface area contributed by atoms with Gasteiger partial charge in [-0.15, -0.1) is 0 Å². The largest absolute Gasteiger partial charge is 1.00 e. The lowest BCUT2D eigenvalue weighted by molar-refractivity contribution is -0.0180. The van der Waals surface area contributed by atoms with Gasteiger partial charge in [-0.05, 0) is 29.2 Å². The van der Waals surface area contributed by atoms with Crippen molar-refractivity contribution in [2.45, 2.75) is 50.7 Å². The van der Waals surface area contributed by atoms with Gasteiger partial charge in [0.15, 0.2) is 0 Å². The topological polar surface area (TPSA) is 9.23 Å². The number of benzene rings is 1. The molecule has 2 aliphatic rings. The maximum atomic E-state index is 6.06. The second-order valence-corrected chi connectivity index (χ2v) is 9.94. The predicted molar refractivity (Wildman–Crippen MR) is 92.6 cm³/mol. The molecule has 0 amide bonds. The minimum Gasteiger partial charge on any atom is -1.00 e. The van der Waals surface area contributed by atoms with E-state index in [0.717, 1.165) is 11.2 Å². The van der Waals surface area contributed by atoms with Crippen LogP contribution < -0.4 is 24.0 Å². The maximum Gasteiger partial charge on any atom is 0.148 e. The van der Waals surface area contributed by atoms with E-state index in [1.165, 1.54) is 24.2 Å². The van der Waals surface area contributed by atoms with Crippen molar-refractivity contribution in [1.82, 2.24) is 0 Å². The molecule has 124 valence electrons. The molecule has 0 radical (unpaired) electrons. The quantitative estimate of drug-likeness (QED) is 0.515. The standard InChI is InChI=1S/C19H29OS.HI/c1-18(2)15-11-12-19(18,3)17(20-4)16(15)21(5)13-14-9-7-6-8-10-14;/h6-10,15-17H,11-13H2,1-5H3;1H/q+1;/p-1/t15-,16-,17-,19+,21?;/m1./s1. The summed E-state index contributed by atoms with van der Waals surface area (Å²) in [7, 11) is 2.31. The number of ether oxygens (including phenoxy) is 1. The minimum absolute atomic E-state index is 0. The average molecular weight is 432 g/mol. The summed E-state index contributed by atoms with van der Waals surface area (Å²) in [6.45, 7) is 7.44. The van der Waals surface area contributed by atoms with Gasteiger partial charge in [-0.1, -0.05) is 51.1 Å². The maximum absolute atomic E-state index is 6.06. The molecule has 2 fully saturated rings. The van der Waals surface area contributed by atoms with Crippen LogP contribution in [0.2, 0.25) is 0 Å². The number of rotatable bonds is 4. The van der Waals surface area contributed by atoms with Crippen molar-refractivity contribution in [3.05, 3.63) is 35.9 Å². The first kappa shape index (κ1) is 18.6. The van der Waals surface area contributed by atoms with Crippen LogP contribution in [-0.2, 0) is 21.4 Å². The van der Waals surface area contributed by atoms with E-state index < -0.39 is 0 Å². The molecule has 5 atom stereocenters. The van der Waals surface area contributed by atoms with Gasteiger partial charge in [0.1, 0.15) is 17.1 Å². The van der Waals surface area contributed by atoms with E-state index in [0.29, 0.717) is 27.8 Å². The fourth-order valence-electron chi connectivity index (χ4n) is 5.04. The van der Waals surface area contributed by atoms with Gasteiger partial charge in [0.2, 0.25) is 0 Å². The monoisotopic (exact) mass is 432 g/mol. The van der Waals surface area contributed by atoms with Crippen molar-refractivity contribution >= 4 is 10.9 Å². The summed E-state index contributed by atoms with van der Waals surface area (Å²) in [5, 5.41) is 0.726. The van der Waals surface area contributed by atoms with Crippen LogP contribution in [0.25, 0.3) is 0 Å². The van der Waals surface area contributed by atoms with Crippen LogP contribution in [0, 0.1) is 16.7 Å². The smallest absolute Gasteiger partial charge is 0.148 e. The molecule has 0 saturated heterocycles. The molecular formula is C19H29IOS. The second kappa shape index (κ2) is 6.64. The lowest BCUT2D eigenvalue weighted by atomic mass is 9.70. The normalized spacial score (nSPS) is 36.9. The Morgan fingerprint density at radius 2 is 1.82 bits per heavy atom. The summed E-state index contributed by atoms with van der Waals surface area (Å²) >= 11 is 0. The molecule has 2 aliphatic carbocycles. The minimum atomic E-state index is 0. The molecule has 0 heterocycles. The summed E-state index contributed by atoms with van der Waals surface area (Å²) in [5.74, 6) is 2.03. The lowest BCUT2D eigenvalue weighted by Crippen LogP contribution is -3.00. The molecule has 1 aromatic carbocycles. The summed E-state index contributed by atoms with van der Waals surface area (Å²) < 4.78 is 6.06. The third kappa shape index (κ3) is 2.65. The average Bonchev–Trinajstić information content (AvgIpc) is 2.78. The van der Waals surface area contributed by atoms with E-state index in [-0.39, 0.29) is 24.0 Å². The van der Waals surface area contributed by atoms with Crippen molar-refractivity contribution < 1.29 is 28.7 Å². The molecule has 3 heteroatoms. The highest BCUT2D eigenvalue weighted by Gasteiger charge is 2.70. The summed E-state index contributed by atoms with van der Waals surface area (Å²) in [4.78, 5) is 0. The van der Waals surface area contributed by atoms with Gasteiger partial charge < -0.3 is 28.7 Å². The highest BCUT2D eigenvalue weighted by Crippen LogP contribution is 2.67. The molecular weight excluding hydrogens is 403 g/mol. The van der Waals surface area contributed by atoms with Gasteiger partial charge in [0.05, 0.1) is 6.26 Å². The van der Waals surface area contributed by atoms with Gasteiger partial charge >= 0.3 is 0 Å². The third-order valence-corrected chi connectivity index (χ3v) is 8.95. The lowest BCUT2D eigenvalue weighted by Gasteiger charge is -2.38. The third-order valence-electron chi connectivity index (χ3n) is 6.65. The van der Waals surface area contributed by atoms with Crippen molar-refractivity contribution in [2.24, 2.45) is 16.7 Å². The molecule has 0 spiro atoms. The van der Waals surface area contributed by atoms with Crippen LogP contribution in [0.3, 0.4) is 0 Å². The van der Waals surface area contributed by atoms with E-state index in [1.807, 2.05) is 7.11 Å². The Kier molecular flexibility index (Phi) is 5.61. The number of hydrogen-bond acceptors (Lipinski definition) is 1. The number of fused-ring (bicyclic) bond motifs is 2. The molecule has 0 aromatic heterocycles. The number of halogens is 1. The molecule has 2 bridgehead atoms. The van der Waals surface area contributed by atoms with Crippen molar-refractivity contribution in [3.8, 4) is 0 Å². The van der Waals surface area contributed by atoms with Gasteiger partial charge in [-0.25, -0.2) is 0 Å². The van der Waals surface area contributed by atoms with Crippen LogP contribution in [0.5, 0.6) is 0 Å². The van der Waals surface area contributed by atoms with E-state index in [1.54, 1.807) is 0 Å². The zero-order valence-electron chi connectivity index (χ0n) is 14.4. The van der Waals surface area contributed by atoms with Crippen LogP contribution in [0.4, 0.5) is 0 Å². The van der Waals surface area contributed by atoms with Crippen molar-refractivity contribution in [2.75, 3.05) is 13.4 Å². The summed E-state index contributed by atoms with van der Waals surface area (Å²) in [6, 6.07) is 11.0. The van der Waals surface area contributed by atoms with Gasteiger partial charge in [0.25, 0.3) is 0 Å². The highest BCUT2D eigenvalue weighted by molar-refractivity contribution is 7.96. The summed E-state index contributed by atoms with van der Waals surface area (Å²) in [5.41, 5.74) is 2.25. The number of methoxy groups -OCH3 is 1. The fraction of sp³-hybridized carbons (Fsp3) is 0.684. The Balaban J connectivity index is 0.00000176. The zero-order chi connectivity index (χ0) is 15.3. The zero-order valence-corrected chi connectivity index (χ0v) is 17.4. The molecule has 1 nitrogen and oxygen atoms in total. The van der Waals surface area contributed by atoms with Crippen molar-refractivity contribution in [3.63, 3.8) is 0 Å². The molecule has 3 rings (SSSR count). The fourth-order valence-corrected chi connectivity index (χ4v) is 7.82. The second-order valence-electron chi connectivity index (χ2n) is 7.73. The SMILES string of the molecule is CO[C@@H]1[C@H]([S+](C)Cc2ccccc2)[C@H]2CC[C@]1(C)C2(C)C.[I-]. The Bertz CT molecular complexity index is 503. The Hall–Kier alpha value is 0.260. The van der Waals surface area contributed by atoms with Gasteiger partial charge in [-0.2, -0.15) is 0 Å². The first-order valence-corrected chi connectivity index (χ1v) is 9.96. The van der Waals surface area contributed by atoms with Crippen molar-refractivity contribution in [1.29, 1.82) is 0 Å². The van der Waals surface area contributed by atoms with Gasteiger partial charge in [0, 0.05) is 24.0 Å². The van der Waals surface area contributed by atoms with Crippen LogP contribution in [-0.4, -0.2) is 24.7 Å². The molecule has 1 aromatic rings. The molecule has 2 saturated carbocycles. The van der Waals surface area contributed by atoms with E-state index in [2.05, 4.69) is 57.4 Å². The highest BCUT2D eigenvalue weighted by atomic mass is 127. The predicted octanol–water partition coefficient (Wildman–Crippen LogP) is 1.28. The molecule has 22 heavy (non-hydrogen) atoms. The molecule has 1 unspecified atom stereocenters. The van der Waals surface area contributed by atoms with E-state index in [4.69, 9.17) is 4.74 Å². The Labute approximate surface area is 156 Å². The Morgan fingerprint density at radius 3 is 2.41 bits per heavy atom. The van der Waals surface area contributed by atoms with E-state index >= 15 is 0 Å². The number of hydrogen-bond donors (Lipinski definition) is 0. The first-order valence-electron chi connectivity index (χ1n) is 8.10. The van der Waals surface area contributed by atoms with Crippen LogP contribution >= 0.6 is 0 Å². The summed E-state index contributed by atoms with van der Waals surface area (Å²) in [6.07, 6.45) is 5.62. The Morgan fingerprint density at radius 1 is 1.18 bits per heavy atom. The first-order chi connectivity index (χ1) is 9.91. The van der Waals surface area contributed by atoms with Crippen LogP contribution in [0.1, 0.15) is 39.2 Å². The van der Waals surface area contributed by atoms with Crippen LogP contribution in [0.15, 0.2) is 30.3 Å².